The Balaban J connectivity index is 0.00000172. The highest BCUT2D eigenvalue weighted by Crippen LogP contribution is 2.36. The maximum absolute atomic E-state index is 12.1. The van der Waals surface area contributed by atoms with E-state index in [9.17, 15) is 4.79 Å². The van der Waals surface area contributed by atoms with E-state index in [2.05, 4.69) is 47.7 Å². The van der Waals surface area contributed by atoms with E-state index in [0.717, 1.165) is 31.6 Å². The van der Waals surface area contributed by atoms with Crippen LogP contribution in [0, 0.1) is 0 Å². The topological polar surface area (TPSA) is 154 Å². The Morgan fingerprint density at radius 2 is 1.87 bits per heavy atom. The molecule has 4 aromatic rings. The number of aromatic nitrogens is 7. The molecule has 0 atom stereocenters. The van der Waals surface area contributed by atoms with Crippen molar-refractivity contribution in [1.29, 1.82) is 0 Å². The van der Waals surface area contributed by atoms with Gasteiger partial charge in [0.2, 0.25) is 5.95 Å². The van der Waals surface area contributed by atoms with E-state index in [1.165, 1.54) is 6.20 Å². The van der Waals surface area contributed by atoms with Gasteiger partial charge in [0.15, 0.2) is 11.6 Å². The highest BCUT2D eigenvalue weighted by atomic mass is 16.5. The van der Waals surface area contributed by atoms with Crippen LogP contribution in [0.5, 0.6) is 5.75 Å². The second kappa shape index (κ2) is 12.3. The largest absolute Gasteiger partial charge is 0.494 e. The van der Waals surface area contributed by atoms with E-state index in [0.29, 0.717) is 28.9 Å². The number of rotatable bonds is 8. The number of nitrogens with one attached hydrogen (secondary N) is 2. The fourth-order valence-corrected chi connectivity index (χ4v) is 4.33. The van der Waals surface area contributed by atoms with Gasteiger partial charge in [0, 0.05) is 19.4 Å². The van der Waals surface area contributed by atoms with Crippen LogP contribution in [0.2, 0.25) is 0 Å². The maximum Gasteiger partial charge on any atom is 0.254 e. The number of anilines is 4. The van der Waals surface area contributed by atoms with Gasteiger partial charge in [-0.2, -0.15) is 15.2 Å². The molecule has 3 aromatic heterocycles. The number of nitrogens with zero attached hydrogens (tertiary/aromatic N) is 8. The molecular formula is C26H35N11O2. The Bertz CT molecular complexity index is 1410. The summed E-state index contributed by atoms with van der Waals surface area (Å²) in [5.74, 6) is 0.862. The summed E-state index contributed by atoms with van der Waals surface area (Å²) in [5.41, 5.74) is 7.74. The van der Waals surface area contributed by atoms with Gasteiger partial charge in [-0.15, -0.1) is 0 Å². The molecule has 0 spiro atoms. The van der Waals surface area contributed by atoms with Crippen LogP contribution in [0.1, 0.15) is 43.1 Å². The molecule has 1 fully saturated rings. The van der Waals surface area contributed by atoms with Gasteiger partial charge in [-0.05, 0) is 45.1 Å². The molecule has 4 N–H and O–H groups in total. The van der Waals surface area contributed by atoms with Gasteiger partial charge in [-0.1, -0.05) is 19.9 Å². The van der Waals surface area contributed by atoms with Crippen LogP contribution in [0.15, 0.2) is 43.1 Å². The predicted octanol–water partition coefficient (Wildman–Crippen LogP) is 3.36. The van der Waals surface area contributed by atoms with E-state index in [1.54, 1.807) is 37.4 Å². The van der Waals surface area contributed by atoms with Gasteiger partial charge in [0.25, 0.3) is 5.91 Å². The SMILES string of the molecule is CC.COc1c(Nc2nc(Nc3cnn(C4CCN(C)CC4)c3)ncc2C(N)=O)cccc1-c1ncn(C)n1. The molecule has 1 aromatic carbocycles. The first-order chi connectivity index (χ1) is 18.9. The molecule has 0 aliphatic carbocycles. The molecule has 206 valence electrons. The number of nitrogens with two attached hydrogens (primary N) is 1. The average molecular weight is 534 g/mol. The number of para-hydroxylation sites is 1. The highest BCUT2D eigenvalue weighted by Gasteiger charge is 2.20. The molecule has 13 heteroatoms. The summed E-state index contributed by atoms with van der Waals surface area (Å²) in [5, 5.41) is 15.2. The number of primary amides is 1. The van der Waals surface area contributed by atoms with Gasteiger partial charge in [-0.3, -0.25) is 14.2 Å². The summed E-state index contributed by atoms with van der Waals surface area (Å²) in [7, 11) is 5.47. The van der Waals surface area contributed by atoms with Gasteiger partial charge in [0.1, 0.15) is 17.7 Å². The number of carbonyl (C=O) groups excluding carboxylic acids is 1. The minimum Gasteiger partial charge on any atom is -0.494 e. The third-order valence-electron chi connectivity index (χ3n) is 6.29. The van der Waals surface area contributed by atoms with Gasteiger partial charge < -0.3 is 26.0 Å². The van der Waals surface area contributed by atoms with E-state index < -0.39 is 5.91 Å². The molecule has 0 bridgehead atoms. The number of amides is 1. The van der Waals surface area contributed by atoms with E-state index in [1.807, 2.05) is 36.9 Å². The summed E-state index contributed by atoms with van der Waals surface area (Å²) >= 11 is 0. The molecule has 1 saturated heterocycles. The molecular weight excluding hydrogens is 498 g/mol. The summed E-state index contributed by atoms with van der Waals surface area (Å²) in [6, 6.07) is 5.84. The van der Waals surface area contributed by atoms with Crippen LogP contribution in [-0.4, -0.2) is 72.6 Å². The monoisotopic (exact) mass is 533 g/mol. The lowest BCUT2D eigenvalue weighted by Gasteiger charge is -2.28. The van der Waals surface area contributed by atoms with Crippen molar-refractivity contribution >= 4 is 29.0 Å². The van der Waals surface area contributed by atoms with Crippen molar-refractivity contribution in [1.82, 2.24) is 39.4 Å². The van der Waals surface area contributed by atoms with E-state index >= 15 is 0 Å². The minimum atomic E-state index is -0.661. The Kier molecular flexibility index (Phi) is 8.71. The summed E-state index contributed by atoms with van der Waals surface area (Å²) in [4.78, 5) is 27.6. The smallest absolute Gasteiger partial charge is 0.254 e. The number of hydrogen-bond acceptors (Lipinski definition) is 10. The summed E-state index contributed by atoms with van der Waals surface area (Å²) < 4.78 is 9.25. The quantitative estimate of drug-likeness (QED) is 0.307. The van der Waals surface area contributed by atoms with E-state index in [4.69, 9.17) is 10.5 Å². The third kappa shape index (κ3) is 6.32. The zero-order valence-electron chi connectivity index (χ0n) is 22.9. The van der Waals surface area contributed by atoms with Crippen LogP contribution < -0.4 is 21.1 Å². The molecule has 1 amide bonds. The van der Waals surface area contributed by atoms with Crippen molar-refractivity contribution in [3.63, 3.8) is 0 Å². The van der Waals surface area contributed by atoms with E-state index in [-0.39, 0.29) is 17.3 Å². The van der Waals surface area contributed by atoms with Crippen LogP contribution in [0.4, 0.5) is 23.1 Å². The number of aryl methyl sites for hydroxylation is 1. The van der Waals surface area contributed by atoms with Crippen molar-refractivity contribution in [3.8, 4) is 17.1 Å². The van der Waals surface area contributed by atoms with Crippen LogP contribution >= 0.6 is 0 Å². The number of methoxy groups -OCH3 is 1. The minimum absolute atomic E-state index is 0.135. The number of benzene rings is 1. The lowest BCUT2D eigenvalue weighted by molar-refractivity contribution is 0.100. The number of carbonyl (C=O) groups is 1. The van der Waals surface area contributed by atoms with Gasteiger partial charge in [-0.25, -0.2) is 9.97 Å². The normalized spacial score (nSPS) is 13.9. The van der Waals surface area contributed by atoms with Crippen molar-refractivity contribution < 1.29 is 9.53 Å². The third-order valence-corrected chi connectivity index (χ3v) is 6.29. The molecule has 0 unspecified atom stereocenters. The first-order valence-corrected chi connectivity index (χ1v) is 12.9. The van der Waals surface area contributed by atoms with Crippen molar-refractivity contribution in [2.75, 3.05) is 37.9 Å². The van der Waals surface area contributed by atoms with Crippen LogP contribution in [0.3, 0.4) is 0 Å². The van der Waals surface area contributed by atoms with Crippen LogP contribution in [0.25, 0.3) is 11.4 Å². The van der Waals surface area contributed by atoms with Crippen molar-refractivity contribution in [2.45, 2.75) is 32.7 Å². The summed E-state index contributed by atoms with van der Waals surface area (Å²) in [6.07, 6.45) is 8.77. The molecule has 0 saturated carbocycles. The Hall–Kier alpha value is -4.52. The van der Waals surface area contributed by atoms with Crippen molar-refractivity contribution in [3.05, 3.63) is 48.7 Å². The zero-order chi connectivity index (χ0) is 27.9. The lowest BCUT2D eigenvalue weighted by atomic mass is 10.1. The van der Waals surface area contributed by atoms with Crippen LogP contribution in [-0.2, 0) is 7.05 Å². The first-order valence-electron chi connectivity index (χ1n) is 12.9. The first kappa shape index (κ1) is 27.5. The average Bonchev–Trinajstić information content (AvgIpc) is 3.59. The fraction of sp³-hybridized carbons (Fsp3) is 0.385. The second-order valence-electron chi connectivity index (χ2n) is 8.94. The number of ether oxygens (including phenoxy) is 1. The second-order valence-corrected chi connectivity index (χ2v) is 8.94. The van der Waals surface area contributed by atoms with Crippen molar-refractivity contribution in [2.24, 2.45) is 12.8 Å². The predicted molar refractivity (Wildman–Crippen MR) is 149 cm³/mol. The Morgan fingerprint density at radius 3 is 2.54 bits per heavy atom. The molecule has 4 heterocycles. The number of hydrogen-bond donors (Lipinski definition) is 3. The lowest BCUT2D eigenvalue weighted by Crippen LogP contribution is -2.31. The molecule has 1 aliphatic heterocycles. The number of likely N-dealkylation sites (tertiary alicyclic amines) is 1. The molecule has 5 rings (SSSR count). The standard InChI is InChI=1S/C24H29N11O2.C2H6/c1-33-9-7-16(8-10-33)35-13-15(11-28-35)29-24-26-12-18(21(25)36)23(31-24)30-19-6-4-5-17(20(19)37-3)22-27-14-34(2)32-22;1-2/h4-6,11-14,16H,7-10H2,1-3H3,(H2,25,36)(H2,26,29,30,31);1-2H3. The Labute approximate surface area is 227 Å². The fourth-order valence-electron chi connectivity index (χ4n) is 4.33. The van der Waals surface area contributed by atoms with Gasteiger partial charge in [0.05, 0.1) is 36.3 Å². The molecule has 0 radical (unpaired) electrons. The molecule has 13 nitrogen and oxygen atoms in total. The molecule has 39 heavy (non-hydrogen) atoms. The molecule has 1 aliphatic rings. The maximum atomic E-state index is 12.1. The Morgan fingerprint density at radius 1 is 1.10 bits per heavy atom. The van der Waals surface area contributed by atoms with Gasteiger partial charge >= 0.3 is 0 Å². The highest BCUT2D eigenvalue weighted by molar-refractivity contribution is 5.98. The zero-order valence-corrected chi connectivity index (χ0v) is 22.9. The number of piperidine rings is 1. The summed E-state index contributed by atoms with van der Waals surface area (Å²) in [6.45, 7) is 6.09.